The van der Waals surface area contributed by atoms with E-state index < -0.39 is 5.82 Å². The van der Waals surface area contributed by atoms with Gasteiger partial charge in [-0.05, 0) is 42.8 Å². The van der Waals surface area contributed by atoms with Gasteiger partial charge < -0.3 is 10.4 Å². The molecule has 0 aliphatic carbocycles. The number of phenolic OH excluding ortho intramolecular Hbond substituents is 1. The van der Waals surface area contributed by atoms with Gasteiger partial charge in [-0.15, -0.1) is 0 Å². The summed E-state index contributed by atoms with van der Waals surface area (Å²) in [5.41, 5.74) is 2.04. The molecule has 0 fully saturated rings. The van der Waals surface area contributed by atoms with E-state index in [1.165, 1.54) is 18.5 Å². The zero-order valence-electron chi connectivity index (χ0n) is 11.1. The van der Waals surface area contributed by atoms with E-state index in [2.05, 4.69) is 15.3 Å². The van der Waals surface area contributed by atoms with Crippen LogP contribution in [0.5, 0.6) is 5.75 Å². The van der Waals surface area contributed by atoms with Crippen LogP contribution < -0.4 is 5.32 Å². The molecule has 0 amide bonds. The summed E-state index contributed by atoms with van der Waals surface area (Å²) in [6, 6.07) is 7.67. The number of aromatic hydroxyl groups is 1. The Morgan fingerprint density at radius 2 is 2.00 bits per heavy atom. The highest BCUT2D eigenvalue weighted by molar-refractivity contribution is 6.31. The summed E-state index contributed by atoms with van der Waals surface area (Å²) in [6.45, 7) is 1.80. The zero-order chi connectivity index (χ0) is 15.0. The third kappa shape index (κ3) is 2.60. The van der Waals surface area contributed by atoms with Gasteiger partial charge in [-0.25, -0.2) is 14.4 Å². The van der Waals surface area contributed by atoms with Crippen LogP contribution in [0.2, 0.25) is 5.02 Å². The summed E-state index contributed by atoms with van der Waals surface area (Å²) in [6.07, 6.45) is 1.42. The smallest absolute Gasteiger partial charge is 0.141 e. The van der Waals surface area contributed by atoms with Crippen molar-refractivity contribution in [2.75, 3.05) is 5.32 Å². The first-order valence-electron chi connectivity index (χ1n) is 6.21. The molecule has 6 heteroatoms. The zero-order valence-corrected chi connectivity index (χ0v) is 11.8. The highest BCUT2D eigenvalue weighted by Gasteiger charge is 2.08. The fourth-order valence-electron chi connectivity index (χ4n) is 2.01. The molecule has 0 saturated carbocycles. The van der Waals surface area contributed by atoms with Gasteiger partial charge in [0.1, 0.15) is 23.7 Å². The Labute approximate surface area is 125 Å². The molecule has 0 aliphatic heterocycles. The number of fused-ring (bicyclic) bond motifs is 1. The number of hydrogen-bond donors (Lipinski definition) is 2. The highest BCUT2D eigenvalue weighted by Crippen LogP contribution is 2.29. The number of rotatable bonds is 2. The number of anilines is 2. The molecule has 3 rings (SSSR count). The van der Waals surface area contributed by atoms with Crippen molar-refractivity contribution in [1.82, 2.24) is 9.97 Å². The number of phenols is 1. The number of benzene rings is 2. The van der Waals surface area contributed by atoms with Crippen LogP contribution in [0, 0.1) is 12.7 Å². The summed E-state index contributed by atoms with van der Waals surface area (Å²) >= 11 is 5.76. The maximum absolute atomic E-state index is 13.2. The summed E-state index contributed by atoms with van der Waals surface area (Å²) in [7, 11) is 0. The lowest BCUT2D eigenvalue weighted by atomic mass is 10.1. The molecule has 2 N–H and O–H groups in total. The van der Waals surface area contributed by atoms with Gasteiger partial charge in [0.15, 0.2) is 0 Å². The number of nitrogens with one attached hydrogen (secondary N) is 1. The molecular weight excluding hydrogens is 293 g/mol. The van der Waals surface area contributed by atoms with Crippen LogP contribution in [0.25, 0.3) is 10.9 Å². The van der Waals surface area contributed by atoms with E-state index in [-0.39, 0.29) is 10.8 Å². The van der Waals surface area contributed by atoms with Crippen LogP contribution in [0.3, 0.4) is 0 Å². The van der Waals surface area contributed by atoms with Gasteiger partial charge in [0.25, 0.3) is 0 Å². The molecule has 21 heavy (non-hydrogen) atoms. The van der Waals surface area contributed by atoms with Crippen molar-refractivity contribution in [3.05, 3.63) is 53.1 Å². The van der Waals surface area contributed by atoms with E-state index >= 15 is 0 Å². The maximum atomic E-state index is 13.2. The molecule has 4 nitrogen and oxygen atoms in total. The topological polar surface area (TPSA) is 58.0 Å². The Bertz CT molecular complexity index is 839. The van der Waals surface area contributed by atoms with Gasteiger partial charge in [-0.1, -0.05) is 11.6 Å². The van der Waals surface area contributed by atoms with Crippen molar-refractivity contribution >= 4 is 34.0 Å². The number of halogens is 2. The molecule has 0 aliphatic rings. The largest absolute Gasteiger partial charge is 0.508 e. The number of nitrogens with zero attached hydrogens (tertiary/aromatic N) is 2. The molecular formula is C15H11ClFN3O. The summed E-state index contributed by atoms with van der Waals surface area (Å²) in [5.74, 6) is 0.193. The predicted molar refractivity (Wildman–Crippen MR) is 80.6 cm³/mol. The minimum atomic E-state index is -0.483. The van der Waals surface area contributed by atoms with Gasteiger partial charge in [0.2, 0.25) is 0 Å². The molecule has 0 atom stereocenters. The Morgan fingerprint density at radius 3 is 2.76 bits per heavy atom. The van der Waals surface area contributed by atoms with Crippen molar-refractivity contribution in [2.45, 2.75) is 6.92 Å². The van der Waals surface area contributed by atoms with Crippen LogP contribution >= 0.6 is 11.6 Å². The van der Waals surface area contributed by atoms with Crippen molar-refractivity contribution in [3.63, 3.8) is 0 Å². The van der Waals surface area contributed by atoms with Gasteiger partial charge in [-0.3, -0.25) is 0 Å². The van der Waals surface area contributed by atoms with E-state index in [0.717, 1.165) is 5.56 Å². The second-order valence-electron chi connectivity index (χ2n) is 4.63. The van der Waals surface area contributed by atoms with Crippen molar-refractivity contribution < 1.29 is 9.50 Å². The van der Waals surface area contributed by atoms with Crippen molar-refractivity contribution in [2.24, 2.45) is 0 Å². The van der Waals surface area contributed by atoms with E-state index in [1.54, 1.807) is 25.1 Å². The molecule has 0 spiro atoms. The van der Waals surface area contributed by atoms with Crippen LogP contribution in [0.4, 0.5) is 15.9 Å². The Morgan fingerprint density at radius 1 is 1.19 bits per heavy atom. The molecule has 0 radical (unpaired) electrons. The normalized spacial score (nSPS) is 10.8. The molecule has 0 saturated heterocycles. The number of hydrogen-bond acceptors (Lipinski definition) is 4. The quantitative estimate of drug-likeness (QED) is 0.745. The van der Waals surface area contributed by atoms with Crippen LogP contribution in [-0.2, 0) is 0 Å². The molecule has 2 aromatic carbocycles. The minimum Gasteiger partial charge on any atom is -0.508 e. The average Bonchev–Trinajstić information content (AvgIpc) is 2.45. The number of aromatic nitrogens is 2. The standard InChI is InChI=1S/C15H11ClFN3O/c1-8-4-13-10(6-14(8)21)15(19-7-18-13)20-9-2-3-12(17)11(16)5-9/h2-7,21H,1H3,(H,18,19,20). The maximum Gasteiger partial charge on any atom is 0.141 e. The van der Waals surface area contributed by atoms with Gasteiger partial charge >= 0.3 is 0 Å². The van der Waals surface area contributed by atoms with E-state index in [1.807, 2.05) is 0 Å². The minimum absolute atomic E-state index is 0.0250. The lowest BCUT2D eigenvalue weighted by molar-refractivity contribution is 0.472. The fourth-order valence-corrected chi connectivity index (χ4v) is 2.19. The average molecular weight is 304 g/mol. The van der Waals surface area contributed by atoms with E-state index in [0.29, 0.717) is 22.4 Å². The third-order valence-electron chi connectivity index (χ3n) is 3.14. The van der Waals surface area contributed by atoms with E-state index in [4.69, 9.17) is 11.6 Å². The van der Waals surface area contributed by atoms with Crippen LogP contribution in [-0.4, -0.2) is 15.1 Å². The summed E-state index contributed by atoms with van der Waals surface area (Å²) in [5, 5.41) is 13.6. The molecule has 1 aromatic heterocycles. The van der Waals surface area contributed by atoms with Crippen LogP contribution in [0.15, 0.2) is 36.7 Å². The number of aryl methyl sites for hydroxylation is 1. The Hall–Kier alpha value is -2.40. The second kappa shape index (κ2) is 5.18. The molecule has 1 heterocycles. The molecule has 0 bridgehead atoms. The molecule has 106 valence electrons. The van der Waals surface area contributed by atoms with Crippen molar-refractivity contribution in [3.8, 4) is 5.75 Å². The first kappa shape index (κ1) is 13.6. The Kier molecular flexibility index (Phi) is 3.35. The van der Waals surface area contributed by atoms with Gasteiger partial charge in [-0.2, -0.15) is 0 Å². The van der Waals surface area contributed by atoms with Gasteiger partial charge in [0.05, 0.1) is 10.5 Å². The Balaban J connectivity index is 2.07. The monoisotopic (exact) mass is 303 g/mol. The first-order valence-corrected chi connectivity index (χ1v) is 6.59. The van der Waals surface area contributed by atoms with Crippen molar-refractivity contribution in [1.29, 1.82) is 0 Å². The van der Waals surface area contributed by atoms with Crippen LogP contribution in [0.1, 0.15) is 5.56 Å². The lowest BCUT2D eigenvalue weighted by Gasteiger charge is -2.10. The second-order valence-corrected chi connectivity index (χ2v) is 5.04. The fraction of sp³-hybridized carbons (Fsp3) is 0.0667. The highest BCUT2D eigenvalue weighted by atomic mass is 35.5. The predicted octanol–water partition coefficient (Wildman–Crippen LogP) is 4.18. The molecule has 0 unspecified atom stereocenters. The molecule has 3 aromatic rings. The third-order valence-corrected chi connectivity index (χ3v) is 3.43. The van der Waals surface area contributed by atoms with Gasteiger partial charge in [0, 0.05) is 11.1 Å². The first-order chi connectivity index (χ1) is 10.0. The summed E-state index contributed by atoms with van der Waals surface area (Å²) < 4.78 is 13.2. The lowest BCUT2D eigenvalue weighted by Crippen LogP contribution is -1.96. The summed E-state index contributed by atoms with van der Waals surface area (Å²) in [4.78, 5) is 8.32. The SMILES string of the molecule is Cc1cc2ncnc(Nc3ccc(F)c(Cl)c3)c2cc1O. The van der Waals surface area contributed by atoms with E-state index in [9.17, 15) is 9.50 Å².